The maximum absolute atomic E-state index is 11.2. The summed E-state index contributed by atoms with van der Waals surface area (Å²) in [4.78, 5) is 11.2. The largest absolute Gasteiger partial charge is 0.481 e. The third-order valence-corrected chi connectivity index (χ3v) is 2.30. The molecule has 1 saturated heterocycles. The third-order valence-electron chi connectivity index (χ3n) is 2.30. The van der Waals surface area contributed by atoms with Crippen LogP contribution in [0.2, 0.25) is 0 Å². The Kier molecular flexibility index (Phi) is 2.44. The Morgan fingerprint density at radius 2 is 2.07 bits per heavy atom. The lowest BCUT2D eigenvalue weighted by molar-refractivity contribution is -0.124. The second kappa shape index (κ2) is 3.74. The zero-order chi connectivity index (χ0) is 9.97. The lowest BCUT2D eigenvalue weighted by atomic mass is 9.97. The standard InChI is InChI=1S/C10H12BNO2/c11-7-1-3-8(4-2-7)14-9-5-6-12-10(9)13/h1-4,9H,5-6,11H2,(H,12,13). The highest BCUT2D eigenvalue weighted by Gasteiger charge is 2.25. The molecule has 2 rings (SSSR count). The van der Waals surface area contributed by atoms with Crippen LogP contribution >= 0.6 is 0 Å². The van der Waals surface area contributed by atoms with Gasteiger partial charge in [0.1, 0.15) is 13.6 Å². The van der Waals surface area contributed by atoms with E-state index in [0.717, 1.165) is 18.7 Å². The molecule has 1 aromatic rings. The molecule has 1 fully saturated rings. The molecule has 0 saturated carbocycles. The Bertz CT molecular complexity index is 336. The van der Waals surface area contributed by atoms with Crippen molar-refractivity contribution in [2.24, 2.45) is 0 Å². The van der Waals surface area contributed by atoms with Crippen LogP contribution in [0.15, 0.2) is 24.3 Å². The van der Waals surface area contributed by atoms with E-state index < -0.39 is 0 Å². The number of carbonyl (C=O) groups is 1. The van der Waals surface area contributed by atoms with Crippen molar-refractivity contribution in [3.05, 3.63) is 24.3 Å². The van der Waals surface area contributed by atoms with Gasteiger partial charge in [0.2, 0.25) is 0 Å². The molecule has 0 bridgehead atoms. The van der Waals surface area contributed by atoms with E-state index in [9.17, 15) is 4.79 Å². The van der Waals surface area contributed by atoms with E-state index >= 15 is 0 Å². The number of rotatable bonds is 2. The van der Waals surface area contributed by atoms with Gasteiger partial charge >= 0.3 is 0 Å². The van der Waals surface area contributed by atoms with Crippen molar-refractivity contribution in [1.29, 1.82) is 0 Å². The van der Waals surface area contributed by atoms with Gasteiger partial charge in [0, 0.05) is 13.0 Å². The minimum atomic E-state index is -0.308. The van der Waals surface area contributed by atoms with E-state index in [1.807, 2.05) is 32.1 Å². The van der Waals surface area contributed by atoms with Crippen LogP contribution in [0.4, 0.5) is 0 Å². The zero-order valence-corrected chi connectivity index (χ0v) is 8.12. The van der Waals surface area contributed by atoms with Gasteiger partial charge in [-0.05, 0) is 12.1 Å². The van der Waals surface area contributed by atoms with Crippen LogP contribution < -0.4 is 15.5 Å². The molecule has 14 heavy (non-hydrogen) atoms. The van der Waals surface area contributed by atoms with Crippen LogP contribution in [-0.2, 0) is 4.79 Å². The maximum atomic E-state index is 11.2. The van der Waals surface area contributed by atoms with E-state index in [2.05, 4.69) is 5.32 Å². The summed E-state index contributed by atoms with van der Waals surface area (Å²) in [6.45, 7) is 0.718. The predicted molar refractivity (Wildman–Crippen MR) is 56.7 cm³/mol. The van der Waals surface area contributed by atoms with Crippen LogP contribution in [0.25, 0.3) is 0 Å². The lowest BCUT2D eigenvalue weighted by Crippen LogP contribution is -2.27. The van der Waals surface area contributed by atoms with E-state index in [4.69, 9.17) is 4.74 Å². The van der Waals surface area contributed by atoms with Crippen molar-refractivity contribution in [3.63, 3.8) is 0 Å². The molecule has 1 aromatic carbocycles. The monoisotopic (exact) mass is 189 g/mol. The summed E-state index contributed by atoms with van der Waals surface area (Å²) >= 11 is 0. The van der Waals surface area contributed by atoms with Crippen LogP contribution in [0.3, 0.4) is 0 Å². The Hall–Kier alpha value is -1.45. The molecule has 3 nitrogen and oxygen atoms in total. The number of amides is 1. The summed E-state index contributed by atoms with van der Waals surface area (Å²) in [5.41, 5.74) is 1.19. The van der Waals surface area contributed by atoms with Crippen molar-refractivity contribution >= 4 is 19.2 Å². The molecule has 0 spiro atoms. The van der Waals surface area contributed by atoms with Gasteiger partial charge in [-0.3, -0.25) is 4.79 Å². The Morgan fingerprint density at radius 3 is 2.64 bits per heavy atom. The molecule has 1 aliphatic heterocycles. The Labute approximate surface area is 83.9 Å². The molecule has 0 aromatic heterocycles. The molecule has 1 N–H and O–H groups in total. The number of carbonyl (C=O) groups excluding carboxylic acids is 1. The van der Waals surface area contributed by atoms with Gasteiger partial charge in [-0.15, -0.1) is 0 Å². The lowest BCUT2D eigenvalue weighted by Gasteiger charge is -2.10. The second-order valence-electron chi connectivity index (χ2n) is 3.50. The fourth-order valence-electron chi connectivity index (χ4n) is 1.46. The van der Waals surface area contributed by atoms with E-state index in [0.29, 0.717) is 0 Å². The van der Waals surface area contributed by atoms with Gasteiger partial charge in [-0.1, -0.05) is 17.6 Å². The summed E-state index contributed by atoms with van der Waals surface area (Å²) in [7, 11) is 2.02. The van der Waals surface area contributed by atoms with Gasteiger partial charge in [0.05, 0.1) is 0 Å². The van der Waals surface area contributed by atoms with Crippen molar-refractivity contribution in [2.75, 3.05) is 6.54 Å². The summed E-state index contributed by atoms with van der Waals surface area (Å²) in [5, 5.41) is 2.74. The van der Waals surface area contributed by atoms with E-state index in [1.54, 1.807) is 0 Å². The fraction of sp³-hybridized carbons (Fsp3) is 0.300. The zero-order valence-electron chi connectivity index (χ0n) is 8.12. The summed E-state index contributed by atoms with van der Waals surface area (Å²) in [6.07, 6.45) is 0.449. The molecule has 1 amide bonds. The van der Waals surface area contributed by atoms with Crippen molar-refractivity contribution in [2.45, 2.75) is 12.5 Å². The SMILES string of the molecule is Bc1ccc(OC2CCNC2=O)cc1. The number of benzene rings is 1. The highest BCUT2D eigenvalue weighted by molar-refractivity contribution is 6.32. The molecule has 0 radical (unpaired) electrons. The van der Waals surface area contributed by atoms with Crippen molar-refractivity contribution < 1.29 is 9.53 Å². The average Bonchev–Trinajstić information content (AvgIpc) is 2.56. The first kappa shape index (κ1) is 9.12. The Balaban J connectivity index is 2.03. The van der Waals surface area contributed by atoms with Crippen LogP contribution in [0, 0.1) is 0 Å². The average molecular weight is 189 g/mol. The number of nitrogens with one attached hydrogen (secondary N) is 1. The number of hydrogen-bond acceptors (Lipinski definition) is 2. The van der Waals surface area contributed by atoms with Gasteiger partial charge in [-0.25, -0.2) is 0 Å². The topological polar surface area (TPSA) is 38.3 Å². The first-order chi connectivity index (χ1) is 6.75. The van der Waals surface area contributed by atoms with Gasteiger partial charge < -0.3 is 10.1 Å². The third kappa shape index (κ3) is 1.89. The molecule has 1 heterocycles. The molecule has 1 aliphatic rings. The van der Waals surface area contributed by atoms with Crippen LogP contribution in [-0.4, -0.2) is 26.4 Å². The summed E-state index contributed by atoms with van der Waals surface area (Å²) in [6, 6.07) is 7.73. The minimum Gasteiger partial charge on any atom is -0.481 e. The van der Waals surface area contributed by atoms with Gasteiger partial charge in [-0.2, -0.15) is 0 Å². The fourth-order valence-corrected chi connectivity index (χ4v) is 1.46. The van der Waals surface area contributed by atoms with Gasteiger partial charge in [0.25, 0.3) is 5.91 Å². The highest BCUT2D eigenvalue weighted by atomic mass is 16.5. The Morgan fingerprint density at radius 1 is 1.36 bits per heavy atom. The van der Waals surface area contributed by atoms with Crippen molar-refractivity contribution in [3.8, 4) is 5.75 Å². The molecule has 0 aliphatic carbocycles. The molecule has 1 unspecified atom stereocenters. The normalized spacial score (nSPS) is 20.6. The summed E-state index contributed by atoms with van der Waals surface area (Å²) < 4.78 is 5.53. The number of hydrogen-bond donors (Lipinski definition) is 1. The smallest absolute Gasteiger partial charge is 0.261 e. The predicted octanol–water partition coefficient (Wildman–Crippen LogP) is -0.788. The molecule has 4 heteroatoms. The quantitative estimate of drug-likeness (QED) is 0.619. The first-order valence-electron chi connectivity index (χ1n) is 4.77. The second-order valence-corrected chi connectivity index (χ2v) is 3.50. The number of ether oxygens (including phenoxy) is 1. The minimum absolute atomic E-state index is 0.00873. The molecule has 72 valence electrons. The van der Waals surface area contributed by atoms with Crippen molar-refractivity contribution in [1.82, 2.24) is 5.32 Å². The van der Waals surface area contributed by atoms with E-state index in [1.165, 1.54) is 5.46 Å². The molecular weight excluding hydrogens is 177 g/mol. The summed E-state index contributed by atoms with van der Waals surface area (Å²) in [5.74, 6) is 0.753. The van der Waals surface area contributed by atoms with Crippen LogP contribution in [0.1, 0.15) is 6.42 Å². The van der Waals surface area contributed by atoms with E-state index in [-0.39, 0.29) is 12.0 Å². The first-order valence-corrected chi connectivity index (χ1v) is 4.77. The van der Waals surface area contributed by atoms with Crippen LogP contribution in [0.5, 0.6) is 5.75 Å². The maximum Gasteiger partial charge on any atom is 0.261 e. The highest BCUT2D eigenvalue weighted by Crippen LogP contribution is 2.13. The molecule has 1 atom stereocenters. The van der Waals surface area contributed by atoms with Gasteiger partial charge in [0.15, 0.2) is 6.10 Å². The molecular formula is C10H12BNO2.